The van der Waals surface area contributed by atoms with E-state index >= 15 is 0 Å². The summed E-state index contributed by atoms with van der Waals surface area (Å²) in [5.41, 5.74) is 4.12. The first-order chi connectivity index (χ1) is 13.6. The van der Waals surface area contributed by atoms with Crippen molar-refractivity contribution in [3.05, 3.63) is 60.0 Å². The highest BCUT2D eigenvalue weighted by molar-refractivity contribution is 5.78. The van der Waals surface area contributed by atoms with Crippen LogP contribution in [0.4, 0.5) is 5.82 Å². The van der Waals surface area contributed by atoms with E-state index in [0.717, 1.165) is 48.6 Å². The largest absolute Gasteiger partial charge is 0.354 e. The smallest absolute Gasteiger partial charge is 0.134 e. The highest BCUT2D eigenvalue weighted by Gasteiger charge is 2.23. The van der Waals surface area contributed by atoms with E-state index in [-0.39, 0.29) is 5.78 Å². The molecular formula is C22H25N5O. The predicted molar refractivity (Wildman–Crippen MR) is 110 cm³/mol. The molecular weight excluding hydrogens is 350 g/mol. The van der Waals surface area contributed by atoms with Crippen molar-refractivity contribution in [3.63, 3.8) is 0 Å². The van der Waals surface area contributed by atoms with Gasteiger partial charge in [0.15, 0.2) is 0 Å². The number of aromatic nitrogens is 3. The molecule has 0 bridgehead atoms. The Kier molecular flexibility index (Phi) is 5.30. The molecule has 1 fully saturated rings. The second kappa shape index (κ2) is 8.02. The molecule has 4 rings (SSSR count). The monoisotopic (exact) mass is 375 g/mol. The third-order valence-electron chi connectivity index (χ3n) is 5.42. The number of ketones is 1. The predicted octanol–water partition coefficient (Wildman–Crippen LogP) is 3.04. The zero-order chi connectivity index (χ0) is 19.5. The van der Waals surface area contributed by atoms with Crippen LogP contribution in [-0.2, 0) is 11.2 Å². The first-order valence-electron chi connectivity index (χ1n) is 9.74. The van der Waals surface area contributed by atoms with Crippen LogP contribution in [0.2, 0.25) is 0 Å². The fraction of sp³-hybridized carbons (Fsp3) is 0.364. The van der Waals surface area contributed by atoms with Gasteiger partial charge in [0, 0.05) is 57.2 Å². The zero-order valence-corrected chi connectivity index (χ0v) is 16.4. The van der Waals surface area contributed by atoms with E-state index in [1.807, 2.05) is 18.3 Å². The quantitative estimate of drug-likeness (QED) is 0.683. The van der Waals surface area contributed by atoms with Crippen molar-refractivity contribution in [1.82, 2.24) is 19.9 Å². The van der Waals surface area contributed by atoms with Crippen LogP contribution in [0.1, 0.15) is 31.0 Å². The molecule has 2 aromatic heterocycles. The summed E-state index contributed by atoms with van der Waals surface area (Å²) in [5.74, 6) is 1.15. The topological polar surface area (TPSA) is 62.2 Å². The Morgan fingerprint density at radius 1 is 1.00 bits per heavy atom. The van der Waals surface area contributed by atoms with Gasteiger partial charge in [0.25, 0.3) is 0 Å². The highest BCUT2D eigenvalue weighted by atomic mass is 16.1. The number of Topliss-reactive ketones (excluding diaryl/α,β-unsaturated/α-hetero) is 1. The van der Waals surface area contributed by atoms with Gasteiger partial charge in [0.05, 0.1) is 11.0 Å². The minimum Gasteiger partial charge on any atom is -0.354 e. The zero-order valence-electron chi connectivity index (χ0n) is 16.4. The number of hydrogen-bond donors (Lipinski definition) is 0. The molecule has 0 spiro atoms. The van der Waals surface area contributed by atoms with Crippen molar-refractivity contribution in [2.24, 2.45) is 0 Å². The Morgan fingerprint density at radius 3 is 2.43 bits per heavy atom. The van der Waals surface area contributed by atoms with Crippen molar-refractivity contribution >= 4 is 22.6 Å². The summed E-state index contributed by atoms with van der Waals surface area (Å²) in [6.45, 7) is 7.71. The van der Waals surface area contributed by atoms with Crippen LogP contribution in [0.3, 0.4) is 0 Å². The fourth-order valence-corrected chi connectivity index (χ4v) is 3.79. The molecule has 0 aliphatic carbocycles. The lowest BCUT2D eigenvalue weighted by atomic mass is 10.0. The summed E-state index contributed by atoms with van der Waals surface area (Å²) >= 11 is 0. The maximum Gasteiger partial charge on any atom is 0.134 e. The van der Waals surface area contributed by atoms with Crippen LogP contribution in [0, 0.1) is 0 Å². The van der Waals surface area contributed by atoms with Crippen LogP contribution in [-0.4, -0.2) is 51.8 Å². The lowest BCUT2D eigenvalue weighted by molar-refractivity contribution is -0.116. The second-order valence-corrected chi connectivity index (χ2v) is 7.41. The molecule has 6 heteroatoms. The summed E-state index contributed by atoms with van der Waals surface area (Å²) in [4.78, 5) is 29.4. The third-order valence-corrected chi connectivity index (χ3v) is 5.42. The number of piperazine rings is 1. The molecule has 1 aliphatic heterocycles. The van der Waals surface area contributed by atoms with E-state index in [1.54, 1.807) is 19.3 Å². The maximum atomic E-state index is 11.2. The van der Waals surface area contributed by atoms with E-state index in [2.05, 4.69) is 49.9 Å². The van der Waals surface area contributed by atoms with Gasteiger partial charge in [-0.1, -0.05) is 12.1 Å². The van der Waals surface area contributed by atoms with Crippen molar-refractivity contribution in [1.29, 1.82) is 0 Å². The molecule has 3 heterocycles. The summed E-state index contributed by atoms with van der Waals surface area (Å²) in [7, 11) is 0. The van der Waals surface area contributed by atoms with Gasteiger partial charge in [-0.05, 0) is 43.2 Å². The maximum absolute atomic E-state index is 11.2. The summed E-state index contributed by atoms with van der Waals surface area (Å²) in [5, 5.41) is 0. The first kappa shape index (κ1) is 18.5. The number of pyridine rings is 1. The summed E-state index contributed by atoms with van der Waals surface area (Å²) < 4.78 is 0. The number of hydrogen-bond acceptors (Lipinski definition) is 6. The molecule has 3 aromatic rings. The molecule has 28 heavy (non-hydrogen) atoms. The molecule has 0 amide bonds. The first-order valence-corrected chi connectivity index (χ1v) is 9.74. The molecule has 1 aromatic carbocycles. The molecule has 1 saturated heterocycles. The van der Waals surface area contributed by atoms with Crippen molar-refractivity contribution in [3.8, 4) is 0 Å². The summed E-state index contributed by atoms with van der Waals surface area (Å²) in [6, 6.07) is 10.7. The van der Waals surface area contributed by atoms with E-state index in [9.17, 15) is 4.79 Å². The number of benzene rings is 1. The average molecular weight is 375 g/mol. The third kappa shape index (κ3) is 4.02. The van der Waals surface area contributed by atoms with Crippen molar-refractivity contribution in [2.75, 3.05) is 31.1 Å². The van der Waals surface area contributed by atoms with Crippen LogP contribution >= 0.6 is 0 Å². The summed E-state index contributed by atoms with van der Waals surface area (Å²) in [6.07, 6.45) is 5.74. The molecule has 1 atom stereocenters. The molecule has 0 saturated carbocycles. The number of anilines is 1. The molecule has 144 valence electrons. The molecule has 1 unspecified atom stereocenters. The Morgan fingerprint density at radius 2 is 1.75 bits per heavy atom. The molecule has 0 radical (unpaired) electrons. The number of rotatable bonds is 5. The average Bonchev–Trinajstić information content (AvgIpc) is 2.73. The molecule has 0 N–H and O–H groups in total. The van der Waals surface area contributed by atoms with E-state index < -0.39 is 0 Å². The van der Waals surface area contributed by atoms with E-state index in [4.69, 9.17) is 0 Å². The van der Waals surface area contributed by atoms with Crippen molar-refractivity contribution < 1.29 is 4.79 Å². The SMILES string of the molecule is CC(=O)Cc1ccc(N2CCN(C(C)c3ccc4nccnc4c3)CC2)nc1. The van der Waals surface area contributed by atoms with E-state index in [0.29, 0.717) is 12.5 Å². The number of carbonyl (C=O) groups is 1. The van der Waals surface area contributed by atoms with Crippen LogP contribution in [0.15, 0.2) is 48.9 Å². The van der Waals surface area contributed by atoms with Gasteiger partial charge < -0.3 is 4.90 Å². The molecule has 6 nitrogen and oxygen atoms in total. The normalized spacial score (nSPS) is 16.3. The standard InChI is InChI=1S/C22H25N5O/c1-16(28)13-18-3-6-22(25-15-18)27-11-9-26(10-12-27)17(2)19-4-5-20-21(14-19)24-8-7-23-20/h3-8,14-15,17H,9-13H2,1-2H3. The number of carbonyl (C=O) groups excluding carboxylic acids is 1. The Bertz CT molecular complexity index is 964. The van der Waals surface area contributed by atoms with Crippen LogP contribution in [0.5, 0.6) is 0 Å². The second-order valence-electron chi connectivity index (χ2n) is 7.41. The molecule has 1 aliphatic rings. The van der Waals surface area contributed by atoms with Crippen LogP contribution in [0.25, 0.3) is 11.0 Å². The number of nitrogens with zero attached hydrogens (tertiary/aromatic N) is 5. The van der Waals surface area contributed by atoms with Crippen LogP contribution < -0.4 is 4.90 Å². The van der Waals surface area contributed by atoms with Gasteiger partial charge in [-0.2, -0.15) is 0 Å². The lowest BCUT2D eigenvalue weighted by Crippen LogP contribution is -2.47. The van der Waals surface area contributed by atoms with E-state index in [1.165, 1.54) is 5.56 Å². The van der Waals surface area contributed by atoms with Gasteiger partial charge in [-0.25, -0.2) is 4.98 Å². The Balaban J connectivity index is 1.39. The van der Waals surface area contributed by atoms with Crippen molar-refractivity contribution in [2.45, 2.75) is 26.3 Å². The number of fused-ring (bicyclic) bond motifs is 1. The Hall–Kier alpha value is -2.86. The highest BCUT2D eigenvalue weighted by Crippen LogP contribution is 2.25. The fourth-order valence-electron chi connectivity index (χ4n) is 3.79. The minimum atomic E-state index is 0.164. The van der Waals surface area contributed by atoms with Gasteiger partial charge in [0.1, 0.15) is 11.6 Å². The lowest BCUT2D eigenvalue weighted by Gasteiger charge is -2.38. The van der Waals surface area contributed by atoms with Gasteiger partial charge in [0.2, 0.25) is 0 Å². The van der Waals surface area contributed by atoms with Gasteiger partial charge in [-0.15, -0.1) is 0 Å². The minimum absolute atomic E-state index is 0.164. The Labute approximate surface area is 165 Å². The van der Waals surface area contributed by atoms with Gasteiger partial charge >= 0.3 is 0 Å². The van der Waals surface area contributed by atoms with Gasteiger partial charge in [-0.3, -0.25) is 19.7 Å².